The minimum Gasteiger partial charge on any atom is -0.457 e. The Morgan fingerprint density at radius 3 is 2.40 bits per heavy atom. The van der Waals surface area contributed by atoms with Crippen molar-refractivity contribution in [2.45, 2.75) is 31.5 Å². The van der Waals surface area contributed by atoms with Gasteiger partial charge in [0.2, 0.25) is 0 Å². The van der Waals surface area contributed by atoms with Gasteiger partial charge < -0.3 is 13.9 Å². The highest BCUT2D eigenvalue weighted by Gasteiger charge is 2.48. The van der Waals surface area contributed by atoms with Crippen LogP contribution in [0.15, 0.2) is 50.9 Å². The van der Waals surface area contributed by atoms with Gasteiger partial charge in [-0.05, 0) is 37.1 Å². The summed E-state index contributed by atoms with van der Waals surface area (Å²) in [6.07, 6.45) is 4.26. The molecule has 0 amide bonds. The van der Waals surface area contributed by atoms with Gasteiger partial charge in [0.1, 0.15) is 17.1 Å². The average Bonchev–Trinajstić information content (AvgIpc) is 3.21. The van der Waals surface area contributed by atoms with Crippen LogP contribution in [0.1, 0.15) is 31.4 Å². The molecule has 2 heterocycles. The van der Waals surface area contributed by atoms with Gasteiger partial charge in [-0.25, -0.2) is 9.59 Å². The van der Waals surface area contributed by atoms with E-state index in [0.717, 1.165) is 22.9 Å². The lowest BCUT2D eigenvalue weighted by Crippen LogP contribution is -2.44. The quantitative estimate of drug-likeness (QED) is 0.421. The van der Waals surface area contributed by atoms with Crippen molar-refractivity contribution in [2.24, 2.45) is 0 Å². The average molecular weight is 403 g/mol. The number of furan rings is 1. The van der Waals surface area contributed by atoms with Crippen LogP contribution in [0, 0.1) is 0 Å². The first kappa shape index (κ1) is 16.1. The van der Waals surface area contributed by atoms with Gasteiger partial charge in [-0.1, -0.05) is 28.1 Å². The van der Waals surface area contributed by atoms with E-state index in [-0.39, 0.29) is 5.57 Å². The van der Waals surface area contributed by atoms with Crippen molar-refractivity contribution in [1.82, 2.24) is 0 Å². The molecule has 0 bridgehead atoms. The third-order valence-electron chi connectivity index (χ3n) is 4.39. The normalized spacial score (nSPS) is 19.0. The molecule has 0 atom stereocenters. The monoisotopic (exact) mass is 402 g/mol. The summed E-state index contributed by atoms with van der Waals surface area (Å²) in [6.45, 7) is 0. The van der Waals surface area contributed by atoms with Gasteiger partial charge in [0.15, 0.2) is 0 Å². The minimum absolute atomic E-state index is 0.146. The molecule has 0 N–H and O–H groups in total. The lowest BCUT2D eigenvalue weighted by atomic mass is 10.1. The molecule has 0 radical (unpaired) electrons. The zero-order valence-electron chi connectivity index (χ0n) is 13.3. The second-order valence-corrected chi connectivity index (χ2v) is 7.08. The van der Waals surface area contributed by atoms with Crippen LogP contribution in [-0.2, 0) is 19.1 Å². The van der Waals surface area contributed by atoms with E-state index in [4.69, 9.17) is 13.9 Å². The molecule has 1 aromatic heterocycles. The van der Waals surface area contributed by atoms with Crippen LogP contribution in [-0.4, -0.2) is 17.7 Å². The topological polar surface area (TPSA) is 65.7 Å². The Bertz CT molecular complexity index is 851. The maximum Gasteiger partial charge on any atom is 0.349 e. The number of ether oxygens (including phenoxy) is 2. The smallest absolute Gasteiger partial charge is 0.349 e. The molecule has 1 saturated heterocycles. The molecule has 2 fully saturated rings. The molecule has 1 spiro atoms. The Labute approximate surface area is 152 Å². The standard InChI is InChI=1S/C19H15BrO5/c20-13-5-3-4-12(10-13)16-7-6-14(23-16)11-15-17(21)24-19(25-18(15)22)8-1-2-9-19/h3-7,10-11H,1-2,8-9H2. The third-order valence-corrected chi connectivity index (χ3v) is 4.88. The number of carbonyl (C=O) groups excluding carboxylic acids is 2. The van der Waals surface area contributed by atoms with Crippen molar-refractivity contribution in [3.63, 3.8) is 0 Å². The molecule has 2 aliphatic rings. The van der Waals surface area contributed by atoms with Gasteiger partial charge in [0.05, 0.1) is 0 Å². The Hall–Kier alpha value is -2.34. The molecule has 0 unspecified atom stereocenters. The zero-order chi connectivity index (χ0) is 17.4. The summed E-state index contributed by atoms with van der Waals surface area (Å²) in [5, 5.41) is 0. The van der Waals surface area contributed by atoms with E-state index in [1.807, 2.05) is 24.3 Å². The van der Waals surface area contributed by atoms with Crippen molar-refractivity contribution < 1.29 is 23.5 Å². The lowest BCUT2D eigenvalue weighted by Gasteiger charge is -2.32. The largest absolute Gasteiger partial charge is 0.457 e. The third kappa shape index (κ3) is 3.14. The summed E-state index contributed by atoms with van der Waals surface area (Å²) in [5.41, 5.74) is 0.741. The maximum absolute atomic E-state index is 12.3. The summed E-state index contributed by atoms with van der Waals surface area (Å²) >= 11 is 3.41. The van der Waals surface area contributed by atoms with Crippen LogP contribution < -0.4 is 0 Å². The molecule has 6 heteroatoms. The predicted octanol–water partition coefficient (Wildman–Crippen LogP) is 4.46. The highest BCUT2D eigenvalue weighted by Crippen LogP contribution is 2.38. The van der Waals surface area contributed by atoms with Gasteiger partial charge in [-0.15, -0.1) is 0 Å². The van der Waals surface area contributed by atoms with Crippen LogP contribution in [0.2, 0.25) is 0 Å². The second-order valence-electron chi connectivity index (χ2n) is 6.17. The van der Waals surface area contributed by atoms with Crippen LogP contribution in [0.25, 0.3) is 17.4 Å². The van der Waals surface area contributed by atoms with E-state index >= 15 is 0 Å². The molecule has 1 aromatic carbocycles. The van der Waals surface area contributed by atoms with Crippen LogP contribution in [0.5, 0.6) is 0 Å². The molecule has 5 nitrogen and oxygen atoms in total. The van der Waals surface area contributed by atoms with E-state index < -0.39 is 17.7 Å². The number of carbonyl (C=O) groups is 2. The van der Waals surface area contributed by atoms with Crippen molar-refractivity contribution in [1.29, 1.82) is 0 Å². The molecular formula is C19H15BrO5. The minimum atomic E-state index is -1.06. The van der Waals surface area contributed by atoms with E-state index in [9.17, 15) is 9.59 Å². The van der Waals surface area contributed by atoms with Gasteiger partial charge in [-0.2, -0.15) is 0 Å². The Kier molecular flexibility index (Phi) is 4.00. The summed E-state index contributed by atoms with van der Waals surface area (Å²) in [4.78, 5) is 24.5. The van der Waals surface area contributed by atoms with Crippen molar-refractivity contribution in [3.05, 3.63) is 52.2 Å². The summed E-state index contributed by atoms with van der Waals surface area (Å²) in [7, 11) is 0. The molecule has 4 rings (SSSR count). The molecule has 25 heavy (non-hydrogen) atoms. The van der Waals surface area contributed by atoms with Gasteiger partial charge >= 0.3 is 11.9 Å². The summed E-state index contributed by atoms with van der Waals surface area (Å²) < 4.78 is 17.5. The number of benzene rings is 1. The van der Waals surface area contributed by atoms with Crippen molar-refractivity contribution >= 4 is 33.9 Å². The number of halogens is 1. The van der Waals surface area contributed by atoms with E-state index in [1.165, 1.54) is 6.08 Å². The van der Waals surface area contributed by atoms with Gasteiger partial charge in [0, 0.05) is 29.0 Å². The lowest BCUT2D eigenvalue weighted by molar-refractivity contribution is -0.232. The summed E-state index contributed by atoms with van der Waals surface area (Å²) in [6, 6.07) is 11.1. The zero-order valence-corrected chi connectivity index (χ0v) is 14.9. The van der Waals surface area contributed by atoms with Crippen molar-refractivity contribution in [2.75, 3.05) is 0 Å². The number of hydrogen-bond donors (Lipinski definition) is 0. The number of esters is 2. The van der Waals surface area contributed by atoms with Crippen LogP contribution >= 0.6 is 15.9 Å². The van der Waals surface area contributed by atoms with Gasteiger partial charge in [-0.3, -0.25) is 0 Å². The highest BCUT2D eigenvalue weighted by atomic mass is 79.9. The first-order valence-corrected chi connectivity index (χ1v) is 8.88. The summed E-state index contributed by atoms with van der Waals surface area (Å²) in [5.74, 6) is -1.34. The molecular weight excluding hydrogens is 388 g/mol. The fourth-order valence-electron chi connectivity index (χ4n) is 3.16. The predicted molar refractivity (Wildman–Crippen MR) is 93.2 cm³/mol. The van der Waals surface area contributed by atoms with E-state index in [1.54, 1.807) is 12.1 Å². The fraction of sp³-hybridized carbons (Fsp3) is 0.263. The number of hydrogen-bond acceptors (Lipinski definition) is 5. The molecule has 128 valence electrons. The molecule has 1 saturated carbocycles. The number of rotatable bonds is 2. The maximum atomic E-state index is 12.3. The Morgan fingerprint density at radius 1 is 1.00 bits per heavy atom. The van der Waals surface area contributed by atoms with Crippen LogP contribution in [0.4, 0.5) is 0 Å². The first-order chi connectivity index (χ1) is 12.0. The van der Waals surface area contributed by atoms with Crippen LogP contribution in [0.3, 0.4) is 0 Å². The van der Waals surface area contributed by atoms with E-state index in [2.05, 4.69) is 15.9 Å². The highest BCUT2D eigenvalue weighted by molar-refractivity contribution is 9.10. The fourth-order valence-corrected chi connectivity index (χ4v) is 3.56. The SMILES string of the molecule is O=C1OC2(CCCC2)OC(=O)C1=Cc1ccc(-c2cccc(Br)c2)o1. The van der Waals surface area contributed by atoms with Crippen molar-refractivity contribution in [3.8, 4) is 11.3 Å². The van der Waals surface area contributed by atoms with Gasteiger partial charge in [0.25, 0.3) is 5.79 Å². The molecule has 1 aliphatic carbocycles. The van der Waals surface area contributed by atoms with E-state index in [0.29, 0.717) is 24.4 Å². The second kappa shape index (κ2) is 6.19. The Balaban J connectivity index is 1.59. The first-order valence-electron chi connectivity index (χ1n) is 8.09. The molecule has 1 aliphatic heterocycles. The molecule has 2 aromatic rings. The Morgan fingerprint density at radius 2 is 1.72 bits per heavy atom.